The molecule has 112 valence electrons. The molecule has 0 saturated carbocycles. The average molecular weight is 285 g/mol. The minimum atomic E-state index is 0.317. The summed E-state index contributed by atoms with van der Waals surface area (Å²) >= 11 is 0. The molecule has 0 aliphatic rings. The van der Waals surface area contributed by atoms with E-state index in [-0.39, 0.29) is 0 Å². The van der Waals surface area contributed by atoms with E-state index >= 15 is 0 Å². The van der Waals surface area contributed by atoms with E-state index in [0.29, 0.717) is 11.8 Å². The fourth-order valence-corrected chi connectivity index (χ4v) is 2.35. The summed E-state index contributed by atoms with van der Waals surface area (Å²) in [6.07, 6.45) is 1.94. The maximum Gasteiger partial charge on any atom is 0.119 e. The fourth-order valence-electron chi connectivity index (χ4n) is 2.35. The summed E-state index contributed by atoms with van der Waals surface area (Å²) in [5.74, 6) is 1.22. The summed E-state index contributed by atoms with van der Waals surface area (Å²) in [6, 6.07) is 16.0. The Bertz CT molecular complexity index is 551. The normalized spacial score (nSPS) is 12.1. The van der Waals surface area contributed by atoms with Crippen molar-refractivity contribution in [1.29, 1.82) is 0 Å². The molecule has 2 N–H and O–H groups in total. The molecule has 1 atom stereocenters. The van der Waals surface area contributed by atoms with E-state index in [2.05, 4.69) is 24.4 Å². The first-order valence-electron chi connectivity index (χ1n) is 7.31. The van der Waals surface area contributed by atoms with E-state index in [0.717, 1.165) is 25.1 Å². The molecule has 2 rings (SSSR count). The maximum atomic E-state index is 9.28. The third kappa shape index (κ3) is 5.12. The Morgan fingerprint density at radius 2 is 1.86 bits per heavy atom. The quantitative estimate of drug-likeness (QED) is 0.821. The lowest BCUT2D eigenvalue weighted by Gasteiger charge is -2.14. The van der Waals surface area contributed by atoms with Gasteiger partial charge in [0, 0.05) is 6.04 Å². The lowest BCUT2D eigenvalue weighted by Crippen LogP contribution is -2.29. The number of aromatic hydroxyl groups is 1. The molecule has 0 heterocycles. The minimum Gasteiger partial charge on any atom is -0.508 e. The van der Waals surface area contributed by atoms with Crippen molar-refractivity contribution in [2.75, 3.05) is 13.7 Å². The summed E-state index contributed by atoms with van der Waals surface area (Å²) in [6.45, 7) is 3.12. The molecule has 0 aromatic heterocycles. The second-order valence-electron chi connectivity index (χ2n) is 5.33. The highest BCUT2D eigenvalue weighted by atomic mass is 16.5. The molecule has 1 unspecified atom stereocenters. The molecule has 0 bridgehead atoms. The summed E-state index contributed by atoms with van der Waals surface area (Å²) < 4.78 is 5.23. The van der Waals surface area contributed by atoms with Gasteiger partial charge in [0.25, 0.3) is 0 Å². The van der Waals surface area contributed by atoms with Gasteiger partial charge in [0.15, 0.2) is 0 Å². The summed E-state index contributed by atoms with van der Waals surface area (Å²) in [5.41, 5.74) is 2.51. The molecule has 0 aliphatic heterocycles. The lowest BCUT2D eigenvalue weighted by atomic mass is 10.1. The Morgan fingerprint density at radius 3 is 2.57 bits per heavy atom. The first-order chi connectivity index (χ1) is 10.2. The minimum absolute atomic E-state index is 0.317. The molecule has 0 fully saturated rings. The van der Waals surface area contributed by atoms with Gasteiger partial charge in [-0.05, 0) is 61.7 Å². The number of ether oxygens (including phenoxy) is 1. The second kappa shape index (κ2) is 7.70. The molecule has 21 heavy (non-hydrogen) atoms. The van der Waals surface area contributed by atoms with Crippen LogP contribution in [0, 0.1) is 0 Å². The summed E-state index contributed by atoms with van der Waals surface area (Å²) in [7, 11) is 1.69. The van der Waals surface area contributed by atoms with Gasteiger partial charge < -0.3 is 15.2 Å². The molecule has 0 radical (unpaired) electrons. The molecule has 0 saturated heterocycles. The highest BCUT2D eigenvalue weighted by Gasteiger charge is 2.03. The van der Waals surface area contributed by atoms with Crippen molar-refractivity contribution in [3.05, 3.63) is 59.7 Å². The van der Waals surface area contributed by atoms with E-state index in [9.17, 15) is 5.11 Å². The third-order valence-corrected chi connectivity index (χ3v) is 3.52. The van der Waals surface area contributed by atoms with E-state index in [1.54, 1.807) is 19.2 Å². The van der Waals surface area contributed by atoms with Crippen LogP contribution >= 0.6 is 0 Å². The Balaban J connectivity index is 1.76. The van der Waals surface area contributed by atoms with Crippen LogP contribution in [0.15, 0.2) is 48.5 Å². The Kier molecular flexibility index (Phi) is 5.64. The standard InChI is InChI=1S/C18H23NO2/c1-14(12-16-6-8-17(20)9-7-16)19-11-10-15-4-3-5-18(13-15)21-2/h3-9,13-14,19-20H,10-12H2,1-2H3. The van der Waals surface area contributed by atoms with Gasteiger partial charge in [0.2, 0.25) is 0 Å². The van der Waals surface area contributed by atoms with Crippen molar-refractivity contribution in [2.24, 2.45) is 0 Å². The maximum absolute atomic E-state index is 9.28. The zero-order valence-corrected chi connectivity index (χ0v) is 12.7. The molecule has 3 nitrogen and oxygen atoms in total. The zero-order chi connectivity index (χ0) is 15.1. The number of methoxy groups -OCH3 is 1. The highest BCUT2D eigenvalue weighted by molar-refractivity contribution is 5.28. The van der Waals surface area contributed by atoms with Crippen LogP contribution in [-0.2, 0) is 12.8 Å². The molecular formula is C18H23NO2. The Hall–Kier alpha value is -2.00. The van der Waals surface area contributed by atoms with E-state index in [1.807, 2.05) is 24.3 Å². The van der Waals surface area contributed by atoms with Gasteiger partial charge in [-0.1, -0.05) is 24.3 Å². The van der Waals surface area contributed by atoms with Gasteiger partial charge in [-0.3, -0.25) is 0 Å². The van der Waals surface area contributed by atoms with Gasteiger partial charge >= 0.3 is 0 Å². The van der Waals surface area contributed by atoms with Crippen molar-refractivity contribution in [3.63, 3.8) is 0 Å². The lowest BCUT2D eigenvalue weighted by molar-refractivity contribution is 0.414. The van der Waals surface area contributed by atoms with Gasteiger partial charge in [0.05, 0.1) is 7.11 Å². The molecule has 3 heteroatoms. The largest absolute Gasteiger partial charge is 0.508 e. The number of benzene rings is 2. The van der Waals surface area contributed by atoms with Crippen LogP contribution in [0.5, 0.6) is 11.5 Å². The molecule has 0 aliphatic carbocycles. The van der Waals surface area contributed by atoms with Crippen molar-refractivity contribution >= 4 is 0 Å². The number of hydrogen-bond donors (Lipinski definition) is 2. The van der Waals surface area contributed by atoms with E-state index in [1.165, 1.54) is 11.1 Å². The number of phenols is 1. The van der Waals surface area contributed by atoms with Crippen LogP contribution in [0.4, 0.5) is 0 Å². The topological polar surface area (TPSA) is 41.5 Å². The van der Waals surface area contributed by atoms with Crippen LogP contribution in [0.2, 0.25) is 0 Å². The van der Waals surface area contributed by atoms with Crippen LogP contribution < -0.4 is 10.1 Å². The molecule has 0 amide bonds. The monoisotopic (exact) mass is 285 g/mol. The van der Waals surface area contributed by atoms with Gasteiger partial charge in [0.1, 0.15) is 11.5 Å². The average Bonchev–Trinajstić information content (AvgIpc) is 2.50. The SMILES string of the molecule is COc1cccc(CCNC(C)Cc2ccc(O)cc2)c1. The predicted octanol–water partition coefficient (Wildman–Crippen LogP) is 3.16. The number of nitrogens with one attached hydrogen (secondary N) is 1. The molecular weight excluding hydrogens is 262 g/mol. The number of rotatable bonds is 7. The first-order valence-corrected chi connectivity index (χ1v) is 7.31. The third-order valence-electron chi connectivity index (χ3n) is 3.52. The first kappa shape index (κ1) is 15.4. The summed E-state index contributed by atoms with van der Waals surface area (Å²) in [5, 5.41) is 12.8. The predicted molar refractivity (Wildman–Crippen MR) is 86.0 cm³/mol. The van der Waals surface area contributed by atoms with Gasteiger partial charge in [-0.15, -0.1) is 0 Å². The van der Waals surface area contributed by atoms with Crippen molar-refractivity contribution < 1.29 is 9.84 Å². The van der Waals surface area contributed by atoms with Gasteiger partial charge in [-0.25, -0.2) is 0 Å². The summed E-state index contributed by atoms with van der Waals surface area (Å²) in [4.78, 5) is 0. The van der Waals surface area contributed by atoms with Crippen molar-refractivity contribution in [1.82, 2.24) is 5.32 Å². The second-order valence-corrected chi connectivity index (χ2v) is 5.33. The Morgan fingerprint density at radius 1 is 1.10 bits per heavy atom. The van der Waals surface area contributed by atoms with Crippen LogP contribution in [0.1, 0.15) is 18.1 Å². The zero-order valence-electron chi connectivity index (χ0n) is 12.7. The van der Waals surface area contributed by atoms with E-state index < -0.39 is 0 Å². The van der Waals surface area contributed by atoms with Crippen molar-refractivity contribution in [2.45, 2.75) is 25.8 Å². The van der Waals surface area contributed by atoms with Gasteiger partial charge in [-0.2, -0.15) is 0 Å². The van der Waals surface area contributed by atoms with Crippen LogP contribution in [0.3, 0.4) is 0 Å². The smallest absolute Gasteiger partial charge is 0.119 e. The molecule has 2 aromatic rings. The molecule has 2 aromatic carbocycles. The highest BCUT2D eigenvalue weighted by Crippen LogP contribution is 2.13. The Labute approximate surface area is 126 Å². The fraction of sp³-hybridized carbons (Fsp3) is 0.333. The number of hydrogen-bond acceptors (Lipinski definition) is 3. The molecule has 0 spiro atoms. The van der Waals surface area contributed by atoms with Crippen molar-refractivity contribution in [3.8, 4) is 11.5 Å². The number of phenolic OH excluding ortho intramolecular Hbond substituents is 1. The van der Waals surface area contributed by atoms with Crippen LogP contribution in [-0.4, -0.2) is 24.8 Å². The van der Waals surface area contributed by atoms with Crippen LogP contribution in [0.25, 0.3) is 0 Å². The van der Waals surface area contributed by atoms with E-state index in [4.69, 9.17) is 4.74 Å².